The van der Waals surface area contributed by atoms with E-state index in [-0.39, 0.29) is 0 Å². The minimum atomic E-state index is 0.308. The summed E-state index contributed by atoms with van der Waals surface area (Å²) in [6.07, 6.45) is 9.70. The van der Waals surface area contributed by atoms with Crippen LogP contribution in [0.2, 0.25) is 0 Å². The van der Waals surface area contributed by atoms with E-state index in [1.54, 1.807) is 6.26 Å². The Bertz CT molecular complexity index is 293. The molecule has 56 valence electrons. The van der Waals surface area contributed by atoms with Gasteiger partial charge in [0.25, 0.3) is 0 Å². The number of hydrogen-bond donors (Lipinski definition) is 1. The fourth-order valence-electron chi connectivity index (χ4n) is 1.15. The zero-order chi connectivity index (χ0) is 7.68. The Kier molecular flexibility index (Phi) is 1.32. The second kappa shape index (κ2) is 2.31. The summed E-state index contributed by atoms with van der Waals surface area (Å²) in [4.78, 5) is 0. The number of aliphatic hydroxyl groups is 1. The van der Waals surface area contributed by atoms with Crippen molar-refractivity contribution in [1.29, 1.82) is 0 Å². The van der Waals surface area contributed by atoms with Crippen molar-refractivity contribution in [1.82, 2.24) is 0 Å². The van der Waals surface area contributed by atoms with Gasteiger partial charge in [0.05, 0.1) is 6.26 Å². The number of hydrogen-bond acceptors (Lipinski definition) is 2. The average Bonchev–Trinajstić information content (AvgIpc) is 2.06. The van der Waals surface area contributed by atoms with Crippen LogP contribution in [-0.2, 0) is 4.74 Å². The lowest BCUT2D eigenvalue weighted by Gasteiger charge is -2.15. The third kappa shape index (κ3) is 0.963. The maximum Gasteiger partial charge on any atom is 0.171 e. The Morgan fingerprint density at radius 3 is 3.18 bits per heavy atom. The first-order chi connectivity index (χ1) is 5.38. The summed E-state index contributed by atoms with van der Waals surface area (Å²) in [6.45, 7) is 0. The van der Waals surface area contributed by atoms with E-state index in [2.05, 4.69) is 0 Å². The van der Waals surface area contributed by atoms with E-state index in [0.717, 1.165) is 5.57 Å². The van der Waals surface area contributed by atoms with Crippen molar-refractivity contribution >= 4 is 0 Å². The highest BCUT2D eigenvalue weighted by Crippen LogP contribution is 2.26. The van der Waals surface area contributed by atoms with E-state index in [1.165, 1.54) is 0 Å². The van der Waals surface area contributed by atoms with Crippen LogP contribution in [-0.4, -0.2) is 5.11 Å². The van der Waals surface area contributed by atoms with E-state index in [1.807, 2.05) is 24.3 Å². The van der Waals surface area contributed by atoms with Crippen LogP contribution in [0, 0.1) is 0 Å². The fourth-order valence-corrected chi connectivity index (χ4v) is 1.15. The summed E-state index contributed by atoms with van der Waals surface area (Å²) in [6, 6.07) is 0. The molecule has 0 unspecified atom stereocenters. The minimum Gasteiger partial charge on any atom is -0.508 e. The van der Waals surface area contributed by atoms with Crippen LogP contribution in [0.25, 0.3) is 0 Å². The SMILES string of the molecule is OC1=C2OC=CC=C2C=CC1. The van der Waals surface area contributed by atoms with Gasteiger partial charge in [0, 0.05) is 12.0 Å². The van der Waals surface area contributed by atoms with Crippen molar-refractivity contribution in [3.63, 3.8) is 0 Å². The molecule has 0 atom stereocenters. The first-order valence-corrected chi connectivity index (χ1v) is 3.50. The molecule has 0 aromatic carbocycles. The molecule has 2 aliphatic rings. The molecular weight excluding hydrogens is 140 g/mol. The molecule has 0 aromatic rings. The molecule has 1 aliphatic heterocycles. The second-order valence-corrected chi connectivity index (χ2v) is 2.45. The molecular formula is C9H8O2. The molecule has 1 heterocycles. The number of allylic oxidation sites excluding steroid dienone is 4. The topological polar surface area (TPSA) is 29.5 Å². The van der Waals surface area contributed by atoms with Gasteiger partial charge in [-0.05, 0) is 12.2 Å². The highest BCUT2D eigenvalue weighted by Gasteiger charge is 2.14. The number of aliphatic hydroxyl groups excluding tert-OH is 1. The highest BCUT2D eigenvalue weighted by molar-refractivity contribution is 5.45. The molecule has 11 heavy (non-hydrogen) atoms. The second-order valence-electron chi connectivity index (χ2n) is 2.45. The van der Waals surface area contributed by atoms with Gasteiger partial charge in [-0.15, -0.1) is 0 Å². The Morgan fingerprint density at radius 1 is 1.45 bits per heavy atom. The van der Waals surface area contributed by atoms with Crippen molar-refractivity contribution in [2.75, 3.05) is 0 Å². The molecule has 1 N–H and O–H groups in total. The third-order valence-electron chi connectivity index (χ3n) is 1.67. The van der Waals surface area contributed by atoms with Gasteiger partial charge in [-0.3, -0.25) is 0 Å². The molecule has 0 spiro atoms. The lowest BCUT2D eigenvalue weighted by atomic mass is 10.0. The number of rotatable bonds is 0. The summed E-state index contributed by atoms with van der Waals surface area (Å²) in [5, 5.41) is 9.33. The Balaban J connectivity index is 2.45. The summed E-state index contributed by atoms with van der Waals surface area (Å²) in [5.41, 5.74) is 0.941. The van der Waals surface area contributed by atoms with Crippen molar-refractivity contribution in [3.8, 4) is 0 Å². The average molecular weight is 148 g/mol. The van der Waals surface area contributed by atoms with Gasteiger partial charge in [-0.1, -0.05) is 12.2 Å². The van der Waals surface area contributed by atoms with E-state index in [4.69, 9.17) is 4.74 Å². The molecule has 2 rings (SSSR count). The van der Waals surface area contributed by atoms with Gasteiger partial charge in [-0.2, -0.15) is 0 Å². The van der Waals surface area contributed by atoms with Crippen molar-refractivity contribution in [2.24, 2.45) is 0 Å². The van der Waals surface area contributed by atoms with Gasteiger partial charge in [0.15, 0.2) is 5.76 Å². The van der Waals surface area contributed by atoms with E-state index in [0.29, 0.717) is 17.9 Å². The third-order valence-corrected chi connectivity index (χ3v) is 1.67. The summed E-state index contributed by atoms with van der Waals surface area (Å²) in [5.74, 6) is 0.901. The van der Waals surface area contributed by atoms with Gasteiger partial charge in [0.1, 0.15) is 5.76 Å². The van der Waals surface area contributed by atoms with Gasteiger partial charge >= 0.3 is 0 Å². The van der Waals surface area contributed by atoms with Crippen LogP contribution in [0.4, 0.5) is 0 Å². The monoisotopic (exact) mass is 148 g/mol. The normalized spacial score (nSPS) is 20.9. The van der Waals surface area contributed by atoms with Crippen LogP contribution in [0.1, 0.15) is 6.42 Å². The van der Waals surface area contributed by atoms with Crippen molar-refractivity contribution in [2.45, 2.75) is 6.42 Å². The molecule has 0 fully saturated rings. The minimum absolute atomic E-state index is 0.308. The van der Waals surface area contributed by atoms with Crippen LogP contribution in [0.5, 0.6) is 0 Å². The molecule has 2 nitrogen and oxygen atoms in total. The van der Waals surface area contributed by atoms with Gasteiger partial charge < -0.3 is 9.84 Å². The maximum atomic E-state index is 9.33. The van der Waals surface area contributed by atoms with Gasteiger partial charge in [-0.25, -0.2) is 0 Å². The Morgan fingerprint density at radius 2 is 2.36 bits per heavy atom. The molecule has 2 heteroatoms. The van der Waals surface area contributed by atoms with Crippen LogP contribution < -0.4 is 0 Å². The summed E-state index contributed by atoms with van der Waals surface area (Å²) >= 11 is 0. The zero-order valence-electron chi connectivity index (χ0n) is 5.95. The Hall–Kier alpha value is -1.44. The molecule has 0 saturated heterocycles. The smallest absolute Gasteiger partial charge is 0.171 e. The van der Waals surface area contributed by atoms with E-state index < -0.39 is 0 Å². The zero-order valence-corrected chi connectivity index (χ0v) is 5.95. The van der Waals surface area contributed by atoms with E-state index >= 15 is 0 Å². The molecule has 0 aromatic heterocycles. The van der Waals surface area contributed by atoms with Crippen molar-refractivity contribution < 1.29 is 9.84 Å². The number of fused-ring (bicyclic) bond motifs is 1. The molecule has 0 bridgehead atoms. The highest BCUT2D eigenvalue weighted by atomic mass is 16.5. The molecule has 0 radical (unpaired) electrons. The summed E-state index contributed by atoms with van der Waals surface area (Å²) < 4.78 is 5.12. The first-order valence-electron chi connectivity index (χ1n) is 3.50. The van der Waals surface area contributed by atoms with Crippen molar-refractivity contribution in [3.05, 3.63) is 47.7 Å². The lowest BCUT2D eigenvalue weighted by molar-refractivity contribution is 0.295. The van der Waals surface area contributed by atoms with Crippen LogP contribution in [0.3, 0.4) is 0 Å². The standard InChI is InChI=1S/C9H8O2/c10-8-5-1-3-7-4-2-6-11-9(7)8/h1-4,6,10H,5H2. The quantitative estimate of drug-likeness (QED) is 0.570. The predicted molar refractivity (Wildman–Crippen MR) is 41.7 cm³/mol. The summed E-state index contributed by atoms with van der Waals surface area (Å²) in [7, 11) is 0. The lowest BCUT2D eigenvalue weighted by Crippen LogP contribution is -2.01. The predicted octanol–water partition coefficient (Wildman–Crippen LogP) is 2.19. The maximum absolute atomic E-state index is 9.33. The van der Waals surface area contributed by atoms with Gasteiger partial charge in [0.2, 0.25) is 0 Å². The first kappa shape index (κ1) is 6.28. The number of ether oxygens (including phenoxy) is 1. The van der Waals surface area contributed by atoms with Crippen LogP contribution in [0.15, 0.2) is 47.7 Å². The van der Waals surface area contributed by atoms with Crippen LogP contribution >= 0.6 is 0 Å². The molecule has 0 amide bonds. The molecule has 0 saturated carbocycles. The van der Waals surface area contributed by atoms with E-state index in [9.17, 15) is 5.11 Å². The fraction of sp³-hybridized carbons (Fsp3) is 0.111. The Labute approximate surface area is 64.8 Å². The molecule has 1 aliphatic carbocycles. The largest absolute Gasteiger partial charge is 0.508 e.